The molecule has 0 amide bonds. The summed E-state index contributed by atoms with van der Waals surface area (Å²) < 4.78 is 17.5. The minimum absolute atomic E-state index is 0.0640. The lowest BCUT2D eigenvalue weighted by molar-refractivity contribution is 0.103. The van der Waals surface area contributed by atoms with Crippen molar-refractivity contribution in [3.63, 3.8) is 0 Å². The largest absolute Gasteiger partial charge is 0.461 e. The molecule has 0 aromatic heterocycles. The molecule has 0 aromatic carbocycles. The number of hydrogen-bond donors (Lipinski definition) is 2. The third-order valence-corrected chi connectivity index (χ3v) is 14.8. The van der Waals surface area contributed by atoms with E-state index in [4.69, 9.17) is 18.4 Å². The van der Waals surface area contributed by atoms with Crippen molar-refractivity contribution in [1.82, 2.24) is 5.32 Å². The molecule has 0 aliphatic heterocycles. The van der Waals surface area contributed by atoms with Gasteiger partial charge in [0.05, 0.1) is 0 Å². The lowest BCUT2D eigenvalue weighted by Crippen LogP contribution is -2.46. The predicted molar refractivity (Wildman–Crippen MR) is 83.4 cm³/mol. The summed E-state index contributed by atoms with van der Waals surface area (Å²) in [6.45, 7) is 10.1. The Kier molecular flexibility index (Phi) is 11.0. The molecular formula is C8H28N2O3Si4. The van der Waals surface area contributed by atoms with E-state index >= 15 is 0 Å². The smallest absolute Gasteiger partial charge is 0.315 e. The van der Waals surface area contributed by atoms with E-state index in [1.165, 1.54) is 0 Å². The molecule has 0 rings (SSSR count). The van der Waals surface area contributed by atoms with Crippen molar-refractivity contribution in [3.05, 3.63) is 0 Å². The molecule has 17 heavy (non-hydrogen) atoms. The summed E-state index contributed by atoms with van der Waals surface area (Å²) in [5.74, 6) is 0.429. The Labute approximate surface area is 114 Å². The van der Waals surface area contributed by atoms with Crippen molar-refractivity contribution in [3.8, 4) is 0 Å². The molecule has 9 heteroatoms. The molecule has 0 radical (unpaired) electrons. The second-order valence-electron chi connectivity index (χ2n) is 4.59. The first-order valence-corrected chi connectivity index (χ1v) is 14.6. The third kappa shape index (κ3) is 9.27. The van der Waals surface area contributed by atoms with Gasteiger partial charge in [0.25, 0.3) is 0 Å². The molecule has 3 N–H and O–H groups in total. The molecule has 0 saturated carbocycles. The molecule has 0 heterocycles. The van der Waals surface area contributed by atoms with E-state index in [1.807, 2.05) is 0 Å². The third-order valence-electron chi connectivity index (χ3n) is 2.22. The maximum Gasteiger partial charge on any atom is 0.315 e. The van der Waals surface area contributed by atoms with E-state index in [0.29, 0.717) is 12.5 Å². The Morgan fingerprint density at radius 2 is 2.06 bits per heavy atom. The van der Waals surface area contributed by atoms with Crippen LogP contribution in [0.3, 0.4) is 0 Å². The van der Waals surface area contributed by atoms with Crippen LogP contribution in [0, 0.1) is 5.92 Å². The quantitative estimate of drug-likeness (QED) is 0.349. The molecule has 2 atom stereocenters. The van der Waals surface area contributed by atoms with Crippen LogP contribution in [0.25, 0.3) is 0 Å². The van der Waals surface area contributed by atoms with E-state index in [1.54, 1.807) is 0 Å². The van der Waals surface area contributed by atoms with Crippen molar-refractivity contribution < 1.29 is 12.7 Å². The van der Waals surface area contributed by atoms with E-state index in [-0.39, 0.29) is 6.23 Å². The summed E-state index contributed by atoms with van der Waals surface area (Å²) in [7, 11) is -2.29. The summed E-state index contributed by atoms with van der Waals surface area (Å²) >= 11 is 0. The number of rotatable bonds is 10. The van der Waals surface area contributed by atoms with Gasteiger partial charge in [-0.2, -0.15) is 0 Å². The van der Waals surface area contributed by atoms with Crippen molar-refractivity contribution in [2.45, 2.75) is 33.2 Å². The molecule has 0 aliphatic carbocycles. The van der Waals surface area contributed by atoms with Gasteiger partial charge in [-0.1, -0.05) is 13.8 Å². The minimum atomic E-state index is -1.52. The van der Waals surface area contributed by atoms with Gasteiger partial charge in [0.2, 0.25) is 0 Å². The molecule has 2 unspecified atom stereocenters. The average Bonchev–Trinajstić information content (AvgIpc) is 2.27. The van der Waals surface area contributed by atoms with Gasteiger partial charge in [0.15, 0.2) is 18.3 Å². The topological polar surface area (TPSA) is 65.7 Å². The Balaban J connectivity index is 4.08. The van der Waals surface area contributed by atoms with Crippen LogP contribution < -0.4 is 11.1 Å². The maximum atomic E-state index is 6.06. The van der Waals surface area contributed by atoms with Gasteiger partial charge in [0.1, 0.15) is 16.7 Å². The van der Waals surface area contributed by atoms with Gasteiger partial charge >= 0.3 is 8.80 Å². The molecular weight excluding hydrogens is 284 g/mol. The first kappa shape index (κ1) is 17.7. The molecule has 104 valence electrons. The highest BCUT2D eigenvalue weighted by atomic mass is 29.2. The second-order valence-corrected chi connectivity index (χ2v) is 14.4. The van der Waals surface area contributed by atoms with Crippen LogP contribution in [0.2, 0.25) is 13.1 Å². The Morgan fingerprint density at radius 3 is 2.47 bits per heavy atom. The standard InChI is InChI=1S/C8H28N2O3Si4/c1-7(2)8(10-6-5-9)11-17(12-14)15-13-16(3)4/h7-8,10,16-17H,5-6,9,15H2,1-4,14H3. The zero-order valence-electron chi connectivity index (χ0n) is 11.7. The van der Waals surface area contributed by atoms with Crippen LogP contribution in [-0.2, 0) is 12.7 Å². The maximum absolute atomic E-state index is 6.06. The van der Waals surface area contributed by atoms with Crippen molar-refractivity contribution in [1.29, 1.82) is 0 Å². The van der Waals surface area contributed by atoms with E-state index < -0.39 is 27.1 Å². The highest BCUT2D eigenvalue weighted by molar-refractivity contribution is 7.05. The van der Waals surface area contributed by atoms with E-state index in [0.717, 1.165) is 17.0 Å². The average molecular weight is 313 g/mol. The normalized spacial score (nSPS) is 16.4. The molecule has 0 aromatic rings. The molecule has 0 saturated heterocycles. The molecule has 0 bridgehead atoms. The van der Waals surface area contributed by atoms with Crippen LogP contribution in [-0.4, -0.2) is 56.9 Å². The molecule has 0 fully saturated rings. The van der Waals surface area contributed by atoms with Gasteiger partial charge in [-0.05, 0) is 19.0 Å². The minimum Gasteiger partial charge on any atom is -0.461 e. The van der Waals surface area contributed by atoms with Crippen LogP contribution in [0.5, 0.6) is 0 Å². The number of nitrogens with two attached hydrogens (primary N) is 1. The predicted octanol–water partition coefficient (Wildman–Crippen LogP) is -2.37. The lowest BCUT2D eigenvalue weighted by atomic mass is 10.2. The monoisotopic (exact) mass is 312 g/mol. The Morgan fingerprint density at radius 1 is 1.41 bits per heavy atom. The fraction of sp³-hybridized carbons (Fsp3) is 1.00. The first-order chi connectivity index (χ1) is 8.01. The van der Waals surface area contributed by atoms with E-state index in [9.17, 15) is 0 Å². The number of hydrogen-bond acceptors (Lipinski definition) is 5. The van der Waals surface area contributed by atoms with Gasteiger partial charge in [-0.3, -0.25) is 5.32 Å². The SMILES string of the molecule is CC(C)C(NCCN)O[SiH](O[SiH3])[SiH2]O[SiH](C)C. The summed E-state index contributed by atoms with van der Waals surface area (Å²) in [5, 5.41) is 3.32. The fourth-order valence-corrected chi connectivity index (χ4v) is 12.2. The summed E-state index contributed by atoms with van der Waals surface area (Å²) in [4.78, 5) is 0. The number of nitrogens with one attached hydrogen (secondary N) is 1. The van der Waals surface area contributed by atoms with Crippen LogP contribution >= 0.6 is 0 Å². The zero-order chi connectivity index (χ0) is 13.3. The van der Waals surface area contributed by atoms with Crippen LogP contribution in [0.1, 0.15) is 13.8 Å². The van der Waals surface area contributed by atoms with Crippen LogP contribution in [0.4, 0.5) is 0 Å². The van der Waals surface area contributed by atoms with Crippen molar-refractivity contribution in [2.75, 3.05) is 13.1 Å². The molecule has 0 spiro atoms. The zero-order valence-corrected chi connectivity index (χ0v) is 17.5. The summed E-state index contributed by atoms with van der Waals surface area (Å²) in [6, 6.07) is 0. The Hall–Kier alpha value is 0.668. The van der Waals surface area contributed by atoms with Gasteiger partial charge in [0, 0.05) is 13.1 Å². The highest BCUT2D eigenvalue weighted by Crippen LogP contribution is 2.05. The molecule has 5 nitrogen and oxygen atoms in total. The van der Waals surface area contributed by atoms with E-state index in [2.05, 4.69) is 32.3 Å². The van der Waals surface area contributed by atoms with Gasteiger partial charge in [-0.15, -0.1) is 0 Å². The van der Waals surface area contributed by atoms with Crippen molar-refractivity contribution >= 4 is 37.6 Å². The summed E-state index contributed by atoms with van der Waals surface area (Å²) in [6.07, 6.45) is 0.0640. The van der Waals surface area contributed by atoms with Crippen molar-refractivity contribution in [2.24, 2.45) is 11.7 Å². The highest BCUT2D eigenvalue weighted by Gasteiger charge is 2.21. The summed E-state index contributed by atoms with van der Waals surface area (Å²) in [5.41, 5.74) is 5.50. The van der Waals surface area contributed by atoms with Gasteiger partial charge in [-0.25, -0.2) is 0 Å². The Bertz CT molecular complexity index is 188. The van der Waals surface area contributed by atoms with Crippen LogP contribution in [0.15, 0.2) is 0 Å². The second kappa shape index (κ2) is 10.6. The lowest BCUT2D eigenvalue weighted by Gasteiger charge is -2.27. The van der Waals surface area contributed by atoms with Gasteiger partial charge < -0.3 is 18.4 Å². The first-order valence-electron chi connectivity index (χ1n) is 6.24. The fourth-order valence-electron chi connectivity index (χ4n) is 1.26. The molecule has 0 aliphatic rings.